The van der Waals surface area contributed by atoms with Crippen LogP contribution in [0.1, 0.15) is 38.2 Å². The predicted octanol–water partition coefficient (Wildman–Crippen LogP) is 2.92. The zero-order chi connectivity index (χ0) is 22.4. The van der Waals surface area contributed by atoms with Crippen LogP contribution in [-0.4, -0.2) is 67.0 Å². The molecule has 1 heterocycles. The molecule has 1 aliphatic heterocycles. The summed E-state index contributed by atoms with van der Waals surface area (Å²) >= 11 is 0. The van der Waals surface area contributed by atoms with Gasteiger partial charge in [0.15, 0.2) is 6.10 Å². The Morgan fingerprint density at radius 2 is 1.77 bits per heavy atom. The van der Waals surface area contributed by atoms with Gasteiger partial charge in [0.05, 0.1) is 5.56 Å². The van der Waals surface area contributed by atoms with Crippen LogP contribution in [0, 0.1) is 5.92 Å². The van der Waals surface area contributed by atoms with Crippen LogP contribution in [0.15, 0.2) is 24.3 Å². The highest BCUT2D eigenvalue weighted by atomic mass is 19.4. The minimum Gasteiger partial charge on any atom is -0.480 e. The van der Waals surface area contributed by atoms with Crippen molar-refractivity contribution >= 4 is 11.8 Å². The number of nitrogens with one attached hydrogen (secondary N) is 1. The predicted molar refractivity (Wildman–Crippen MR) is 110 cm³/mol. The van der Waals surface area contributed by atoms with E-state index in [1.165, 1.54) is 25.1 Å². The van der Waals surface area contributed by atoms with Crippen molar-refractivity contribution in [1.29, 1.82) is 0 Å². The Kier molecular flexibility index (Phi) is 7.80. The van der Waals surface area contributed by atoms with Gasteiger partial charge in [-0.25, -0.2) is 0 Å². The highest BCUT2D eigenvalue weighted by Crippen LogP contribution is 2.36. The third-order valence-corrected chi connectivity index (χ3v) is 5.98. The normalized spacial score (nSPS) is 19.3. The number of halogens is 3. The smallest absolute Gasteiger partial charge is 0.419 e. The van der Waals surface area contributed by atoms with E-state index >= 15 is 0 Å². The summed E-state index contributed by atoms with van der Waals surface area (Å²) in [5.41, 5.74) is -0.903. The molecule has 1 atom stereocenters. The molecule has 2 amide bonds. The number of carbonyl (C=O) groups excluding carboxylic acids is 2. The molecule has 2 aliphatic rings. The molecule has 9 heteroatoms. The van der Waals surface area contributed by atoms with Crippen LogP contribution in [0.2, 0.25) is 0 Å². The van der Waals surface area contributed by atoms with E-state index in [-0.39, 0.29) is 17.6 Å². The minimum atomic E-state index is -4.55. The monoisotopic (exact) mass is 441 g/mol. The number of benzene rings is 1. The maximum absolute atomic E-state index is 13.1. The average molecular weight is 441 g/mol. The summed E-state index contributed by atoms with van der Waals surface area (Å²) < 4.78 is 44.5. The van der Waals surface area contributed by atoms with E-state index in [1.54, 1.807) is 0 Å². The van der Waals surface area contributed by atoms with Crippen molar-refractivity contribution < 1.29 is 27.5 Å². The molecule has 1 aromatic rings. The molecule has 1 aliphatic carbocycles. The summed E-state index contributed by atoms with van der Waals surface area (Å²) in [5.74, 6) is -0.363. The highest BCUT2D eigenvalue weighted by Gasteiger charge is 2.35. The van der Waals surface area contributed by atoms with Crippen LogP contribution in [0.25, 0.3) is 0 Å². The zero-order valence-corrected chi connectivity index (χ0v) is 17.8. The summed E-state index contributed by atoms with van der Waals surface area (Å²) in [7, 11) is 0. The summed E-state index contributed by atoms with van der Waals surface area (Å²) in [6.07, 6.45) is -1.32. The van der Waals surface area contributed by atoms with E-state index in [4.69, 9.17) is 4.74 Å². The second-order valence-electron chi connectivity index (χ2n) is 8.19. The first-order chi connectivity index (χ1) is 14.8. The van der Waals surface area contributed by atoms with E-state index in [9.17, 15) is 22.8 Å². The van der Waals surface area contributed by atoms with Crippen LogP contribution in [0.5, 0.6) is 5.75 Å². The molecule has 1 saturated carbocycles. The molecule has 172 valence electrons. The standard InChI is InChI=1S/C22H30F3N3O3/c1-16(31-19-9-5-4-8-18(19)22(23,24)25)20(29)26-10-11-27-12-14-28(15-13-27)21(30)17-6-2-3-7-17/h4-5,8-9,16-17H,2-3,6-7,10-15H2,1H3,(H,26,29). The van der Waals surface area contributed by atoms with Crippen LogP contribution >= 0.6 is 0 Å². The van der Waals surface area contributed by atoms with E-state index < -0.39 is 23.8 Å². The SMILES string of the molecule is CC(Oc1ccccc1C(F)(F)F)C(=O)NCCN1CCN(C(=O)C2CCCC2)CC1. The van der Waals surface area contributed by atoms with Gasteiger partial charge in [0, 0.05) is 45.2 Å². The van der Waals surface area contributed by atoms with Gasteiger partial charge < -0.3 is 15.0 Å². The fourth-order valence-electron chi connectivity index (χ4n) is 4.15. The number of nitrogens with zero attached hydrogens (tertiary/aromatic N) is 2. The van der Waals surface area contributed by atoms with E-state index in [0.717, 1.165) is 44.8 Å². The van der Waals surface area contributed by atoms with Crippen LogP contribution in [-0.2, 0) is 15.8 Å². The summed E-state index contributed by atoms with van der Waals surface area (Å²) in [5, 5.41) is 2.72. The Balaban J connectivity index is 1.38. The Morgan fingerprint density at radius 1 is 1.13 bits per heavy atom. The second-order valence-corrected chi connectivity index (χ2v) is 8.19. The lowest BCUT2D eigenvalue weighted by Gasteiger charge is -2.36. The minimum absolute atomic E-state index is 0.190. The molecule has 1 aromatic carbocycles. The zero-order valence-electron chi connectivity index (χ0n) is 17.8. The number of carbonyl (C=O) groups is 2. The fourth-order valence-corrected chi connectivity index (χ4v) is 4.15. The lowest BCUT2D eigenvalue weighted by Crippen LogP contribution is -2.51. The molecule has 3 rings (SSSR count). The van der Waals surface area contributed by atoms with Gasteiger partial charge in [-0.05, 0) is 31.9 Å². The van der Waals surface area contributed by atoms with Crippen molar-refractivity contribution in [3.63, 3.8) is 0 Å². The fraction of sp³-hybridized carbons (Fsp3) is 0.636. The number of ether oxygens (including phenoxy) is 1. The Labute approximate surface area is 180 Å². The largest absolute Gasteiger partial charge is 0.480 e. The van der Waals surface area contributed by atoms with Crippen molar-refractivity contribution in [2.24, 2.45) is 5.92 Å². The van der Waals surface area contributed by atoms with Crippen molar-refractivity contribution in [1.82, 2.24) is 15.1 Å². The number of hydrogen-bond acceptors (Lipinski definition) is 4. The van der Waals surface area contributed by atoms with Gasteiger partial charge in [-0.3, -0.25) is 14.5 Å². The van der Waals surface area contributed by atoms with Gasteiger partial charge in [0.1, 0.15) is 5.75 Å². The first kappa shape index (κ1) is 23.4. The third kappa shape index (κ3) is 6.35. The molecular weight excluding hydrogens is 411 g/mol. The number of piperazine rings is 1. The summed E-state index contributed by atoms with van der Waals surface area (Å²) in [4.78, 5) is 28.9. The molecule has 1 saturated heterocycles. The Morgan fingerprint density at radius 3 is 2.42 bits per heavy atom. The molecule has 1 unspecified atom stereocenters. The van der Waals surface area contributed by atoms with Crippen molar-refractivity contribution in [2.45, 2.75) is 44.9 Å². The molecular formula is C22H30F3N3O3. The number of alkyl halides is 3. The van der Waals surface area contributed by atoms with Crippen LogP contribution < -0.4 is 10.1 Å². The lowest BCUT2D eigenvalue weighted by molar-refractivity contribution is -0.140. The molecule has 6 nitrogen and oxygen atoms in total. The van der Waals surface area contributed by atoms with Gasteiger partial charge in [0.25, 0.3) is 5.91 Å². The van der Waals surface area contributed by atoms with Gasteiger partial charge in [0.2, 0.25) is 5.91 Å². The lowest BCUT2D eigenvalue weighted by atomic mass is 10.1. The van der Waals surface area contributed by atoms with Gasteiger partial charge in [-0.15, -0.1) is 0 Å². The number of rotatable bonds is 7. The first-order valence-corrected chi connectivity index (χ1v) is 10.9. The van der Waals surface area contributed by atoms with Gasteiger partial charge in [-0.1, -0.05) is 25.0 Å². The maximum Gasteiger partial charge on any atom is 0.419 e. The topological polar surface area (TPSA) is 61.9 Å². The average Bonchev–Trinajstić information content (AvgIpc) is 3.28. The number of hydrogen-bond donors (Lipinski definition) is 1. The van der Waals surface area contributed by atoms with Crippen molar-refractivity contribution in [3.05, 3.63) is 29.8 Å². The summed E-state index contributed by atoms with van der Waals surface area (Å²) in [6.45, 7) is 5.29. The van der Waals surface area contributed by atoms with Gasteiger partial charge in [-0.2, -0.15) is 13.2 Å². The molecule has 0 aromatic heterocycles. The number of amides is 2. The molecule has 0 radical (unpaired) electrons. The van der Waals surface area contributed by atoms with E-state index in [2.05, 4.69) is 10.2 Å². The molecule has 0 spiro atoms. The molecule has 0 bridgehead atoms. The summed E-state index contributed by atoms with van der Waals surface area (Å²) in [6, 6.07) is 4.85. The van der Waals surface area contributed by atoms with Crippen molar-refractivity contribution in [2.75, 3.05) is 39.3 Å². The first-order valence-electron chi connectivity index (χ1n) is 10.9. The molecule has 31 heavy (non-hydrogen) atoms. The highest BCUT2D eigenvalue weighted by molar-refractivity contribution is 5.80. The van der Waals surface area contributed by atoms with Crippen LogP contribution in [0.3, 0.4) is 0 Å². The van der Waals surface area contributed by atoms with Gasteiger partial charge >= 0.3 is 6.18 Å². The quantitative estimate of drug-likeness (QED) is 0.707. The Hall–Kier alpha value is -2.29. The van der Waals surface area contributed by atoms with E-state index in [1.807, 2.05) is 4.90 Å². The molecule has 1 N–H and O–H groups in total. The number of para-hydroxylation sites is 1. The molecule has 2 fully saturated rings. The van der Waals surface area contributed by atoms with E-state index in [0.29, 0.717) is 26.2 Å². The maximum atomic E-state index is 13.1. The van der Waals surface area contributed by atoms with Crippen LogP contribution in [0.4, 0.5) is 13.2 Å². The Bertz CT molecular complexity index is 758. The third-order valence-electron chi connectivity index (χ3n) is 5.98. The van der Waals surface area contributed by atoms with Crippen molar-refractivity contribution in [3.8, 4) is 5.75 Å². The second kappa shape index (κ2) is 10.3.